The number of hydrogen-bond donors (Lipinski definition) is 1. The van der Waals surface area contributed by atoms with Gasteiger partial charge in [0, 0.05) is 27.8 Å². The van der Waals surface area contributed by atoms with Crippen molar-refractivity contribution < 1.29 is 0 Å². The van der Waals surface area contributed by atoms with Crippen molar-refractivity contribution >= 4 is 40.4 Å². The van der Waals surface area contributed by atoms with Gasteiger partial charge >= 0.3 is 0 Å². The van der Waals surface area contributed by atoms with E-state index in [9.17, 15) is 0 Å². The maximum absolute atomic E-state index is 6.20. The zero-order chi connectivity index (χ0) is 14.7. The number of anilines is 1. The summed E-state index contributed by atoms with van der Waals surface area (Å²) in [6.07, 6.45) is 3.41. The zero-order valence-corrected chi connectivity index (χ0v) is 13.4. The highest BCUT2D eigenvalue weighted by Gasteiger charge is 2.09. The highest BCUT2D eigenvalue weighted by molar-refractivity contribution is 7.98. The van der Waals surface area contributed by atoms with Crippen molar-refractivity contribution in [2.24, 2.45) is 0 Å². The summed E-state index contributed by atoms with van der Waals surface area (Å²) in [7, 11) is 0. The van der Waals surface area contributed by atoms with Crippen LogP contribution in [-0.2, 0) is 5.75 Å². The van der Waals surface area contributed by atoms with Gasteiger partial charge in [0.1, 0.15) is 5.01 Å². The molecule has 3 nitrogen and oxygen atoms in total. The Labute approximate surface area is 136 Å². The minimum absolute atomic E-state index is 0.698. The maximum atomic E-state index is 6.20. The predicted molar refractivity (Wildman–Crippen MR) is 90.8 cm³/mol. The van der Waals surface area contributed by atoms with Crippen LogP contribution in [0.25, 0.3) is 10.6 Å². The quantitative estimate of drug-likeness (QED) is 0.701. The van der Waals surface area contributed by atoms with Gasteiger partial charge < -0.3 is 5.73 Å². The van der Waals surface area contributed by atoms with E-state index < -0.39 is 0 Å². The van der Waals surface area contributed by atoms with E-state index in [1.165, 1.54) is 0 Å². The molecule has 0 spiro atoms. The first-order valence-electron chi connectivity index (χ1n) is 6.25. The average Bonchev–Trinajstić information content (AvgIpc) is 2.96. The van der Waals surface area contributed by atoms with Crippen LogP contribution < -0.4 is 5.73 Å². The summed E-state index contributed by atoms with van der Waals surface area (Å²) in [5.41, 5.74) is 8.58. The van der Waals surface area contributed by atoms with Crippen LogP contribution in [0, 0.1) is 0 Å². The van der Waals surface area contributed by atoms with Crippen LogP contribution in [0.4, 0.5) is 5.69 Å². The first-order chi connectivity index (χ1) is 10.2. The number of pyridine rings is 1. The molecule has 106 valence electrons. The van der Waals surface area contributed by atoms with Crippen LogP contribution in [0.1, 0.15) is 5.69 Å². The standard InChI is InChI=1S/C15H12ClN3S2/c16-12-4-2-1-3-11(12)15-19-10(9-21-15)8-20-14-5-6-18-7-13(14)17/h1-7,9H,8,17H2. The molecule has 0 atom stereocenters. The van der Waals surface area contributed by atoms with E-state index in [-0.39, 0.29) is 0 Å². The number of hydrogen-bond acceptors (Lipinski definition) is 5. The summed E-state index contributed by atoms with van der Waals surface area (Å²) in [6.45, 7) is 0. The Kier molecular flexibility index (Phi) is 4.43. The van der Waals surface area contributed by atoms with Crippen LogP contribution in [0.3, 0.4) is 0 Å². The molecule has 0 unspecified atom stereocenters. The molecule has 0 aliphatic heterocycles. The fourth-order valence-electron chi connectivity index (χ4n) is 1.81. The third-order valence-corrected chi connectivity index (χ3v) is 5.22. The Morgan fingerprint density at radius 1 is 1.24 bits per heavy atom. The van der Waals surface area contributed by atoms with Gasteiger partial charge in [0.05, 0.1) is 22.6 Å². The Morgan fingerprint density at radius 3 is 2.90 bits per heavy atom. The second-order valence-electron chi connectivity index (χ2n) is 4.33. The van der Waals surface area contributed by atoms with Crippen LogP contribution in [-0.4, -0.2) is 9.97 Å². The third kappa shape index (κ3) is 3.37. The monoisotopic (exact) mass is 333 g/mol. The Bertz CT molecular complexity index is 758. The van der Waals surface area contributed by atoms with Gasteiger partial charge in [-0.15, -0.1) is 23.1 Å². The molecule has 0 aliphatic carbocycles. The highest BCUT2D eigenvalue weighted by atomic mass is 35.5. The molecule has 3 rings (SSSR count). The molecule has 0 aliphatic rings. The lowest BCUT2D eigenvalue weighted by Crippen LogP contribution is -1.90. The molecule has 1 aromatic carbocycles. The number of aromatic nitrogens is 2. The van der Waals surface area contributed by atoms with Crippen LogP contribution in [0.15, 0.2) is 53.0 Å². The molecular weight excluding hydrogens is 322 g/mol. The summed E-state index contributed by atoms with van der Waals surface area (Å²) in [5.74, 6) is 0.773. The minimum atomic E-state index is 0.698. The van der Waals surface area contributed by atoms with E-state index in [1.54, 1.807) is 35.5 Å². The first-order valence-corrected chi connectivity index (χ1v) is 8.50. The molecule has 21 heavy (non-hydrogen) atoms. The number of thioether (sulfide) groups is 1. The number of nitrogens with two attached hydrogens (primary N) is 1. The van der Waals surface area contributed by atoms with E-state index in [1.807, 2.05) is 30.3 Å². The van der Waals surface area contributed by atoms with Crippen molar-refractivity contribution in [3.63, 3.8) is 0 Å². The van der Waals surface area contributed by atoms with Gasteiger partial charge in [-0.05, 0) is 12.1 Å². The minimum Gasteiger partial charge on any atom is -0.397 e. The molecule has 6 heteroatoms. The topological polar surface area (TPSA) is 51.8 Å². The normalized spacial score (nSPS) is 10.7. The summed E-state index contributed by atoms with van der Waals surface area (Å²) >= 11 is 9.46. The van der Waals surface area contributed by atoms with E-state index in [4.69, 9.17) is 17.3 Å². The Morgan fingerprint density at radius 2 is 2.10 bits per heavy atom. The highest BCUT2D eigenvalue weighted by Crippen LogP contribution is 2.32. The molecule has 0 fully saturated rings. The smallest absolute Gasteiger partial charge is 0.125 e. The van der Waals surface area contributed by atoms with Gasteiger partial charge in [0.2, 0.25) is 0 Å². The SMILES string of the molecule is Nc1cnccc1SCc1csc(-c2ccccc2Cl)n1. The van der Waals surface area contributed by atoms with Crippen molar-refractivity contribution in [1.29, 1.82) is 0 Å². The Balaban J connectivity index is 1.74. The van der Waals surface area contributed by atoms with E-state index in [0.717, 1.165) is 31.9 Å². The summed E-state index contributed by atoms with van der Waals surface area (Å²) in [6, 6.07) is 9.67. The van der Waals surface area contributed by atoms with Crippen LogP contribution in [0.2, 0.25) is 5.02 Å². The lowest BCUT2D eigenvalue weighted by Gasteiger charge is -2.02. The van der Waals surface area contributed by atoms with Gasteiger partial charge in [-0.3, -0.25) is 4.98 Å². The fraction of sp³-hybridized carbons (Fsp3) is 0.0667. The van der Waals surface area contributed by atoms with Crippen molar-refractivity contribution in [3.05, 3.63) is 58.8 Å². The molecule has 0 saturated carbocycles. The molecule has 2 aromatic heterocycles. The zero-order valence-electron chi connectivity index (χ0n) is 11.0. The number of halogens is 1. The summed E-state index contributed by atoms with van der Waals surface area (Å²) in [4.78, 5) is 9.65. The second-order valence-corrected chi connectivity index (χ2v) is 6.61. The number of thiazole rings is 1. The first kappa shape index (κ1) is 14.4. The summed E-state index contributed by atoms with van der Waals surface area (Å²) in [5, 5.41) is 3.73. The van der Waals surface area contributed by atoms with Crippen LogP contribution in [0.5, 0.6) is 0 Å². The summed E-state index contributed by atoms with van der Waals surface area (Å²) < 4.78 is 0. The number of rotatable bonds is 4. The van der Waals surface area contributed by atoms with E-state index in [0.29, 0.717) is 5.69 Å². The van der Waals surface area contributed by atoms with Gasteiger partial charge in [0.25, 0.3) is 0 Å². The van der Waals surface area contributed by atoms with Crippen molar-refractivity contribution in [2.75, 3.05) is 5.73 Å². The van der Waals surface area contributed by atoms with Crippen molar-refractivity contribution in [1.82, 2.24) is 9.97 Å². The molecule has 0 amide bonds. The average molecular weight is 334 g/mol. The Hall–Kier alpha value is -1.56. The van der Waals surface area contributed by atoms with E-state index >= 15 is 0 Å². The number of nitrogens with zero attached hydrogens (tertiary/aromatic N) is 2. The second kappa shape index (κ2) is 6.47. The number of nitrogen functional groups attached to an aromatic ring is 1. The number of benzene rings is 1. The van der Waals surface area contributed by atoms with Crippen LogP contribution >= 0.6 is 34.7 Å². The maximum Gasteiger partial charge on any atom is 0.125 e. The van der Waals surface area contributed by atoms with Gasteiger partial charge in [-0.25, -0.2) is 4.98 Å². The molecule has 0 radical (unpaired) electrons. The lowest BCUT2D eigenvalue weighted by atomic mass is 10.2. The van der Waals surface area contributed by atoms with E-state index in [2.05, 4.69) is 15.3 Å². The molecule has 2 heterocycles. The van der Waals surface area contributed by atoms with Crippen molar-refractivity contribution in [3.8, 4) is 10.6 Å². The largest absolute Gasteiger partial charge is 0.397 e. The van der Waals surface area contributed by atoms with Gasteiger partial charge in [-0.2, -0.15) is 0 Å². The molecule has 3 aromatic rings. The molecule has 0 saturated heterocycles. The fourth-order valence-corrected chi connectivity index (χ4v) is 3.88. The lowest BCUT2D eigenvalue weighted by molar-refractivity contribution is 1.22. The third-order valence-electron chi connectivity index (χ3n) is 2.84. The molecule has 2 N–H and O–H groups in total. The predicted octanol–water partition coefficient (Wildman–Crippen LogP) is 4.73. The molecule has 0 bridgehead atoms. The molecular formula is C15H12ClN3S2. The van der Waals surface area contributed by atoms with Gasteiger partial charge in [-0.1, -0.05) is 29.8 Å². The van der Waals surface area contributed by atoms with Crippen molar-refractivity contribution in [2.45, 2.75) is 10.6 Å². The van der Waals surface area contributed by atoms with Gasteiger partial charge in [0.15, 0.2) is 0 Å².